The van der Waals surface area contributed by atoms with E-state index < -0.39 is 0 Å². The minimum Gasteiger partial charge on any atom is -0.289 e. The summed E-state index contributed by atoms with van der Waals surface area (Å²) in [5.41, 5.74) is 11.6. The maximum absolute atomic E-state index is 4.83. The van der Waals surface area contributed by atoms with Gasteiger partial charge in [0.2, 0.25) is 0 Å². The molecule has 0 radical (unpaired) electrons. The zero-order chi connectivity index (χ0) is 31.9. The molecule has 48 heavy (non-hydrogen) atoms. The van der Waals surface area contributed by atoms with Crippen molar-refractivity contribution < 1.29 is 0 Å². The third-order valence-corrected chi connectivity index (χ3v) is 8.54. The largest absolute Gasteiger partial charge is 0.289 e. The van der Waals surface area contributed by atoms with Crippen molar-refractivity contribution in [2.24, 2.45) is 0 Å². The minimum atomic E-state index is 0.667. The number of nitrogens with zero attached hydrogens (tertiary/aromatic N) is 8. The van der Waals surface area contributed by atoms with E-state index in [1.165, 1.54) is 12.7 Å². The Morgan fingerprint density at radius 2 is 0.708 bits per heavy atom. The van der Waals surface area contributed by atoms with Gasteiger partial charge in [-0.15, -0.1) is 0 Å². The van der Waals surface area contributed by atoms with Crippen LogP contribution in [0.1, 0.15) is 0 Å². The van der Waals surface area contributed by atoms with Crippen molar-refractivity contribution in [3.8, 4) is 56.4 Å². The van der Waals surface area contributed by atoms with Crippen molar-refractivity contribution in [3.63, 3.8) is 0 Å². The molecular weight excluding hydrogens is 592 g/mol. The average Bonchev–Trinajstić information content (AvgIpc) is 3.75. The Morgan fingerprint density at radius 1 is 0.354 bits per heavy atom. The fourth-order valence-electron chi connectivity index (χ4n) is 6.19. The van der Waals surface area contributed by atoms with Crippen LogP contribution < -0.4 is 0 Å². The second-order valence-electron chi connectivity index (χ2n) is 11.4. The van der Waals surface area contributed by atoms with Gasteiger partial charge in [-0.05, 0) is 46.5 Å². The molecular formula is C40H26N8. The summed E-state index contributed by atoms with van der Waals surface area (Å²) in [6, 6.07) is 46.1. The van der Waals surface area contributed by atoms with Gasteiger partial charge < -0.3 is 0 Å². The zero-order valence-electron chi connectivity index (χ0n) is 25.6. The summed E-state index contributed by atoms with van der Waals surface area (Å²) in [4.78, 5) is 27.0. The average molecular weight is 619 g/mol. The number of aromatic nitrogens is 8. The molecule has 0 N–H and O–H groups in total. The molecule has 5 aromatic carbocycles. The lowest BCUT2D eigenvalue weighted by molar-refractivity contribution is 1.10. The summed E-state index contributed by atoms with van der Waals surface area (Å²) >= 11 is 0. The lowest BCUT2D eigenvalue weighted by Crippen LogP contribution is -1.98. The molecule has 4 heterocycles. The Bertz CT molecular complexity index is 2340. The molecule has 0 spiro atoms. The van der Waals surface area contributed by atoms with Crippen molar-refractivity contribution in [1.29, 1.82) is 0 Å². The topological polar surface area (TPSA) is 87.2 Å². The molecule has 0 atom stereocenters. The van der Waals surface area contributed by atoms with Gasteiger partial charge in [0.15, 0.2) is 11.3 Å². The van der Waals surface area contributed by atoms with Gasteiger partial charge in [-0.3, -0.25) is 9.13 Å². The predicted molar refractivity (Wildman–Crippen MR) is 189 cm³/mol. The third-order valence-electron chi connectivity index (χ3n) is 8.54. The molecule has 0 aliphatic rings. The van der Waals surface area contributed by atoms with Crippen molar-refractivity contribution in [2.45, 2.75) is 0 Å². The minimum absolute atomic E-state index is 0.667. The Kier molecular flexibility index (Phi) is 6.61. The Balaban J connectivity index is 1.01. The fourth-order valence-corrected chi connectivity index (χ4v) is 6.19. The molecule has 0 saturated heterocycles. The molecule has 0 aliphatic heterocycles. The Morgan fingerprint density at radius 3 is 1.08 bits per heavy atom. The first-order valence-electron chi connectivity index (χ1n) is 15.6. The number of hydrogen-bond donors (Lipinski definition) is 0. The highest BCUT2D eigenvalue weighted by molar-refractivity contribution is 5.81. The molecule has 0 unspecified atom stereocenters. The van der Waals surface area contributed by atoms with Gasteiger partial charge >= 0.3 is 0 Å². The highest BCUT2D eigenvalue weighted by atomic mass is 15.1. The third kappa shape index (κ3) is 4.80. The van der Waals surface area contributed by atoms with E-state index in [0.717, 1.165) is 67.4 Å². The SMILES string of the molecule is c1ccc(-c2nc3ncncc3n2-c2ccc(-c3ccc(-c4ccc(-n5c(-c6ccccc6)nc6ncncc65)cc4)cc3)cc2)cc1. The maximum atomic E-state index is 4.83. The Labute approximate surface area is 275 Å². The van der Waals surface area contributed by atoms with E-state index in [0.29, 0.717) is 11.3 Å². The first-order chi connectivity index (χ1) is 23.8. The van der Waals surface area contributed by atoms with Crippen molar-refractivity contribution in [2.75, 3.05) is 0 Å². The summed E-state index contributed by atoms with van der Waals surface area (Å²) in [5, 5.41) is 0. The summed E-state index contributed by atoms with van der Waals surface area (Å²) in [6.07, 6.45) is 6.70. The fraction of sp³-hybridized carbons (Fsp3) is 0. The lowest BCUT2D eigenvalue weighted by Gasteiger charge is -2.12. The monoisotopic (exact) mass is 618 g/mol. The molecule has 0 fully saturated rings. The van der Waals surface area contributed by atoms with Crippen LogP contribution in [0.3, 0.4) is 0 Å². The van der Waals surface area contributed by atoms with Gasteiger partial charge in [-0.2, -0.15) is 0 Å². The van der Waals surface area contributed by atoms with Crippen LogP contribution in [-0.4, -0.2) is 39.0 Å². The summed E-state index contributed by atoms with van der Waals surface area (Å²) in [7, 11) is 0. The molecule has 4 aromatic heterocycles. The normalized spacial score (nSPS) is 11.3. The molecule has 9 rings (SSSR count). The molecule has 0 aliphatic carbocycles. The van der Waals surface area contributed by atoms with Crippen LogP contribution in [-0.2, 0) is 0 Å². The van der Waals surface area contributed by atoms with Crippen molar-refractivity contribution >= 4 is 22.3 Å². The molecule has 9 aromatic rings. The Hall–Kier alpha value is -6.80. The van der Waals surface area contributed by atoms with Crippen LogP contribution in [0.2, 0.25) is 0 Å². The van der Waals surface area contributed by atoms with E-state index in [4.69, 9.17) is 9.97 Å². The van der Waals surface area contributed by atoms with E-state index in [1.54, 1.807) is 0 Å². The van der Waals surface area contributed by atoms with Gasteiger partial charge in [0.05, 0.1) is 12.4 Å². The first-order valence-corrected chi connectivity index (χ1v) is 15.6. The van der Waals surface area contributed by atoms with Crippen LogP contribution in [0.15, 0.2) is 159 Å². The highest BCUT2D eigenvalue weighted by Crippen LogP contribution is 2.32. The van der Waals surface area contributed by atoms with Crippen LogP contribution in [0, 0.1) is 0 Å². The standard InChI is InChI=1S/C40H26N8/c1-3-7-31(8-4-1)39-45-37-35(23-41-25-43-37)47(39)33-19-15-29(16-20-33)27-11-13-28(14-12-27)30-17-21-34(22-18-30)48-36-24-42-26-44-38(36)46-40(48)32-9-5-2-6-10-32/h1-26H. The molecule has 8 nitrogen and oxygen atoms in total. The summed E-state index contributed by atoms with van der Waals surface area (Å²) < 4.78 is 4.23. The quantitative estimate of drug-likeness (QED) is 0.185. The van der Waals surface area contributed by atoms with Gasteiger partial charge in [-0.1, -0.05) is 109 Å². The summed E-state index contributed by atoms with van der Waals surface area (Å²) in [6.45, 7) is 0. The molecule has 0 saturated carbocycles. The van der Waals surface area contributed by atoms with Crippen molar-refractivity contribution in [3.05, 3.63) is 159 Å². The van der Waals surface area contributed by atoms with E-state index in [2.05, 4.69) is 126 Å². The first kappa shape index (κ1) is 27.5. The van der Waals surface area contributed by atoms with E-state index in [-0.39, 0.29) is 0 Å². The van der Waals surface area contributed by atoms with E-state index in [1.807, 2.05) is 48.8 Å². The van der Waals surface area contributed by atoms with Gasteiger partial charge in [0, 0.05) is 22.5 Å². The predicted octanol–water partition coefficient (Wildman–Crippen LogP) is 8.61. The second-order valence-corrected chi connectivity index (χ2v) is 11.4. The molecule has 0 amide bonds. The zero-order valence-corrected chi connectivity index (χ0v) is 25.6. The van der Waals surface area contributed by atoms with Crippen LogP contribution in [0.4, 0.5) is 0 Å². The van der Waals surface area contributed by atoms with Gasteiger partial charge in [0.1, 0.15) is 35.3 Å². The van der Waals surface area contributed by atoms with Gasteiger partial charge in [0.25, 0.3) is 0 Å². The van der Waals surface area contributed by atoms with Crippen molar-refractivity contribution in [1.82, 2.24) is 39.0 Å². The molecule has 0 bridgehead atoms. The van der Waals surface area contributed by atoms with Crippen LogP contribution in [0.25, 0.3) is 78.7 Å². The smallest absolute Gasteiger partial charge is 0.181 e. The molecule has 226 valence electrons. The van der Waals surface area contributed by atoms with E-state index in [9.17, 15) is 0 Å². The van der Waals surface area contributed by atoms with Gasteiger partial charge in [-0.25, -0.2) is 29.9 Å². The number of fused-ring (bicyclic) bond motifs is 2. The van der Waals surface area contributed by atoms with Crippen LogP contribution in [0.5, 0.6) is 0 Å². The van der Waals surface area contributed by atoms with E-state index >= 15 is 0 Å². The second kappa shape index (κ2) is 11.5. The highest BCUT2D eigenvalue weighted by Gasteiger charge is 2.17. The number of benzene rings is 5. The number of hydrogen-bond acceptors (Lipinski definition) is 6. The summed E-state index contributed by atoms with van der Waals surface area (Å²) in [5.74, 6) is 1.67. The number of imidazole rings is 2. The number of rotatable bonds is 6. The maximum Gasteiger partial charge on any atom is 0.181 e. The van der Waals surface area contributed by atoms with Crippen LogP contribution >= 0.6 is 0 Å². The molecule has 8 heteroatoms. The lowest BCUT2D eigenvalue weighted by atomic mass is 10.00.